The summed E-state index contributed by atoms with van der Waals surface area (Å²) in [4.78, 5) is 12.9. The van der Waals surface area contributed by atoms with Gasteiger partial charge in [-0.25, -0.2) is 9.97 Å². The highest BCUT2D eigenvalue weighted by Crippen LogP contribution is 2.39. The molecular weight excluding hydrogens is 691 g/mol. The molecule has 9 aromatic carbocycles. The molecule has 57 heavy (non-hydrogen) atoms. The van der Waals surface area contributed by atoms with Gasteiger partial charge in [0.05, 0.1) is 22.4 Å². The highest BCUT2D eigenvalue weighted by molar-refractivity contribution is 6.07. The minimum Gasteiger partial charge on any atom is -0.311 e. The van der Waals surface area contributed by atoms with Gasteiger partial charge in [-0.3, -0.25) is 0 Å². The number of hydrogen-bond acceptors (Lipinski definition) is 3. The number of fused-ring (bicyclic) bond motifs is 3. The smallest absolute Gasteiger partial charge is 0.0973 e. The second kappa shape index (κ2) is 14.9. The molecule has 0 amide bonds. The Hall–Kier alpha value is -7.62. The summed E-state index contributed by atoms with van der Waals surface area (Å²) < 4.78 is 0. The summed E-state index contributed by atoms with van der Waals surface area (Å²) in [6.45, 7) is 0. The Balaban J connectivity index is 1.04. The Bertz CT molecular complexity index is 2860. The molecule has 268 valence electrons. The fourth-order valence-corrected chi connectivity index (χ4v) is 7.73. The van der Waals surface area contributed by atoms with E-state index in [1.165, 1.54) is 22.3 Å². The van der Waals surface area contributed by atoms with Crippen LogP contribution in [0.3, 0.4) is 0 Å². The first kappa shape index (κ1) is 33.9. The Morgan fingerprint density at radius 1 is 0.281 bits per heavy atom. The van der Waals surface area contributed by atoms with E-state index in [4.69, 9.17) is 9.97 Å². The third-order valence-electron chi connectivity index (χ3n) is 10.7. The van der Waals surface area contributed by atoms with Crippen LogP contribution in [0, 0.1) is 0 Å². The number of anilines is 3. The van der Waals surface area contributed by atoms with Gasteiger partial charge in [0.1, 0.15) is 0 Å². The minimum absolute atomic E-state index is 0.876. The van der Waals surface area contributed by atoms with Crippen LogP contribution < -0.4 is 4.90 Å². The highest BCUT2D eigenvalue weighted by atomic mass is 15.1. The first-order valence-corrected chi connectivity index (χ1v) is 19.3. The lowest BCUT2D eigenvalue weighted by molar-refractivity contribution is 1.28. The Morgan fingerprint density at radius 2 is 0.632 bits per heavy atom. The van der Waals surface area contributed by atoms with Crippen molar-refractivity contribution in [3.05, 3.63) is 224 Å². The van der Waals surface area contributed by atoms with Gasteiger partial charge in [0.15, 0.2) is 0 Å². The molecule has 0 aliphatic carbocycles. The molecule has 0 saturated heterocycles. The lowest BCUT2D eigenvalue weighted by Gasteiger charge is -2.26. The molecule has 10 rings (SSSR count). The lowest BCUT2D eigenvalue weighted by atomic mass is 9.98. The molecule has 1 aromatic heterocycles. The zero-order chi connectivity index (χ0) is 38.0. The van der Waals surface area contributed by atoms with Crippen molar-refractivity contribution in [2.24, 2.45) is 0 Å². The molecule has 10 aromatic rings. The third kappa shape index (κ3) is 6.73. The maximum atomic E-state index is 5.37. The Kier molecular flexibility index (Phi) is 8.86. The van der Waals surface area contributed by atoms with E-state index in [-0.39, 0.29) is 0 Å². The molecule has 0 atom stereocenters. The minimum atomic E-state index is 0.876. The zero-order valence-corrected chi connectivity index (χ0v) is 31.2. The van der Waals surface area contributed by atoms with E-state index in [1.54, 1.807) is 0 Å². The van der Waals surface area contributed by atoms with E-state index in [2.05, 4.69) is 217 Å². The fraction of sp³-hybridized carbons (Fsp3) is 0. The van der Waals surface area contributed by atoms with Crippen molar-refractivity contribution in [1.29, 1.82) is 0 Å². The van der Waals surface area contributed by atoms with Gasteiger partial charge in [-0.1, -0.05) is 176 Å². The molecule has 0 radical (unpaired) electrons. The summed E-state index contributed by atoms with van der Waals surface area (Å²) in [5.41, 5.74) is 15.9. The number of rotatable bonds is 8. The third-order valence-corrected chi connectivity index (χ3v) is 10.7. The highest BCUT2D eigenvalue weighted by Gasteiger charge is 2.17. The van der Waals surface area contributed by atoms with Crippen molar-refractivity contribution in [2.75, 3.05) is 4.90 Å². The van der Waals surface area contributed by atoms with Crippen LogP contribution in [0.5, 0.6) is 0 Å². The largest absolute Gasteiger partial charge is 0.311 e. The van der Waals surface area contributed by atoms with Gasteiger partial charge in [-0.15, -0.1) is 0 Å². The van der Waals surface area contributed by atoms with E-state index in [9.17, 15) is 0 Å². The summed E-state index contributed by atoms with van der Waals surface area (Å²) in [6, 6.07) is 79.2. The van der Waals surface area contributed by atoms with Gasteiger partial charge in [0, 0.05) is 33.6 Å². The normalized spacial score (nSPS) is 11.2. The quantitative estimate of drug-likeness (QED) is 0.146. The van der Waals surface area contributed by atoms with Crippen molar-refractivity contribution in [1.82, 2.24) is 9.97 Å². The molecule has 3 heteroatoms. The van der Waals surface area contributed by atoms with Gasteiger partial charge >= 0.3 is 0 Å². The van der Waals surface area contributed by atoms with Crippen molar-refractivity contribution in [3.8, 4) is 55.9 Å². The Labute approximate surface area is 332 Å². The molecule has 3 nitrogen and oxygen atoms in total. The first-order chi connectivity index (χ1) is 28.2. The van der Waals surface area contributed by atoms with Crippen LogP contribution in [-0.2, 0) is 0 Å². The summed E-state index contributed by atoms with van der Waals surface area (Å²) in [5.74, 6) is 0. The maximum absolute atomic E-state index is 5.37. The van der Waals surface area contributed by atoms with E-state index in [0.29, 0.717) is 0 Å². The average molecular weight is 728 g/mol. The molecule has 0 saturated carbocycles. The molecule has 1 heterocycles. The van der Waals surface area contributed by atoms with E-state index < -0.39 is 0 Å². The van der Waals surface area contributed by atoms with Crippen LogP contribution in [0.2, 0.25) is 0 Å². The van der Waals surface area contributed by atoms with Crippen molar-refractivity contribution in [2.45, 2.75) is 0 Å². The van der Waals surface area contributed by atoms with E-state index in [1.807, 2.05) is 12.1 Å². The maximum Gasteiger partial charge on any atom is 0.0973 e. The van der Waals surface area contributed by atoms with Gasteiger partial charge in [-0.2, -0.15) is 0 Å². The van der Waals surface area contributed by atoms with Crippen LogP contribution in [0.1, 0.15) is 0 Å². The van der Waals surface area contributed by atoms with Gasteiger partial charge < -0.3 is 4.90 Å². The van der Waals surface area contributed by atoms with Crippen LogP contribution in [0.25, 0.3) is 77.7 Å². The molecule has 0 spiro atoms. The van der Waals surface area contributed by atoms with Crippen molar-refractivity contribution >= 4 is 38.9 Å². The fourth-order valence-electron chi connectivity index (χ4n) is 7.73. The molecule has 0 bridgehead atoms. The van der Waals surface area contributed by atoms with E-state index >= 15 is 0 Å². The molecular formula is C54H37N3. The van der Waals surface area contributed by atoms with Crippen molar-refractivity contribution in [3.63, 3.8) is 0 Å². The van der Waals surface area contributed by atoms with Crippen LogP contribution in [-0.4, -0.2) is 9.97 Å². The van der Waals surface area contributed by atoms with Crippen LogP contribution in [0.15, 0.2) is 224 Å². The van der Waals surface area contributed by atoms with Gasteiger partial charge in [0.25, 0.3) is 0 Å². The first-order valence-electron chi connectivity index (χ1n) is 19.3. The van der Waals surface area contributed by atoms with E-state index in [0.717, 1.165) is 72.5 Å². The standard InChI is InChI=1S/C54H37N3/c1-5-13-38(14-6-1)40-23-30-47(31-24-40)57(48-32-25-41(26-33-48)39-15-7-2-8-16-39)49-34-27-42(28-35-49)46-22-21-43-29-36-51-54(50(43)37-46)56-53(45-19-11-4-12-20-45)52(55-51)44-17-9-3-10-18-44/h1-37H. The molecule has 0 N–H and O–H groups in total. The monoisotopic (exact) mass is 727 g/mol. The number of nitrogens with zero attached hydrogens (tertiary/aromatic N) is 3. The number of benzene rings is 9. The van der Waals surface area contributed by atoms with Crippen LogP contribution >= 0.6 is 0 Å². The SMILES string of the molecule is c1ccc(-c2ccc(N(c3ccc(-c4ccccc4)cc3)c3ccc(-c4ccc5ccc6nc(-c7ccccc7)c(-c7ccccc7)nc6c5c4)cc3)cc2)cc1. The van der Waals surface area contributed by atoms with Crippen LogP contribution in [0.4, 0.5) is 17.1 Å². The molecule has 0 aliphatic rings. The topological polar surface area (TPSA) is 29.0 Å². The summed E-state index contributed by atoms with van der Waals surface area (Å²) in [7, 11) is 0. The average Bonchev–Trinajstić information content (AvgIpc) is 3.30. The summed E-state index contributed by atoms with van der Waals surface area (Å²) in [5, 5.41) is 2.21. The van der Waals surface area contributed by atoms with Crippen molar-refractivity contribution < 1.29 is 0 Å². The number of aromatic nitrogens is 2. The summed E-state index contributed by atoms with van der Waals surface area (Å²) >= 11 is 0. The second-order valence-electron chi connectivity index (χ2n) is 14.2. The van der Waals surface area contributed by atoms with Gasteiger partial charge in [-0.05, 0) is 87.3 Å². The predicted molar refractivity (Wildman–Crippen MR) is 239 cm³/mol. The Morgan fingerprint density at radius 3 is 1.09 bits per heavy atom. The predicted octanol–water partition coefficient (Wildman–Crippen LogP) is 14.6. The zero-order valence-electron chi connectivity index (χ0n) is 31.2. The molecule has 0 fully saturated rings. The lowest BCUT2D eigenvalue weighted by Crippen LogP contribution is -2.09. The van der Waals surface area contributed by atoms with Gasteiger partial charge in [0.2, 0.25) is 0 Å². The molecule has 0 unspecified atom stereocenters. The second-order valence-corrected chi connectivity index (χ2v) is 14.2. The number of hydrogen-bond donors (Lipinski definition) is 0. The molecule has 0 aliphatic heterocycles. The summed E-state index contributed by atoms with van der Waals surface area (Å²) in [6.07, 6.45) is 0.